The summed E-state index contributed by atoms with van der Waals surface area (Å²) in [7, 11) is -4.26. The van der Waals surface area contributed by atoms with Crippen molar-refractivity contribution in [3.63, 3.8) is 0 Å². The molecule has 0 aliphatic rings. The van der Waals surface area contributed by atoms with Gasteiger partial charge in [0.1, 0.15) is 0 Å². The lowest BCUT2D eigenvalue weighted by molar-refractivity contribution is -0.137. The van der Waals surface area contributed by atoms with Crippen LogP contribution < -0.4 is 0 Å². The third kappa shape index (κ3) is 4.03. The van der Waals surface area contributed by atoms with Gasteiger partial charge in [-0.3, -0.25) is 4.55 Å². The van der Waals surface area contributed by atoms with Crippen molar-refractivity contribution in [1.82, 2.24) is 0 Å². The van der Waals surface area contributed by atoms with Gasteiger partial charge >= 0.3 is 6.18 Å². The van der Waals surface area contributed by atoms with Crippen LogP contribution in [0.4, 0.5) is 13.2 Å². The molecule has 0 unspecified atom stereocenters. The first-order valence-corrected chi connectivity index (χ1v) is 5.52. The molecule has 0 aliphatic heterocycles. The Labute approximate surface area is 90.0 Å². The van der Waals surface area contributed by atoms with Gasteiger partial charge in [-0.05, 0) is 23.8 Å². The van der Waals surface area contributed by atoms with E-state index in [9.17, 15) is 21.6 Å². The van der Waals surface area contributed by atoms with Gasteiger partial charge in [-0.2, -0.15) is 21.6 Å². The molecule has 0 fully saturated rings. The van der Waals surface area contributed by atoms with Crippen LogP contribution in [0.5, 0.6) is 0 Å². The summed E-state index contributed by atoms with van der Waals surface area (Å²) in [6.45, 7) is 0. The average Bonchev–Trinajstić information content (AvgIpc) is 2.13. The molecular weight excluding hydrogens is 245 g/mol. The van der Waals surface area contributed by atoms with E-state index in [0.29, 0.717) is 5.41 Å². The highest BCUT2D eigenvalue weighted by Gasteiger charge is 2.29. The molecule has 0 saturated carbocycles. The third-order valence-electron chi connectivity index (χ3n) is 1.67. The predicted molar refractivity (Wildman–Crippen MR) is 52.0 cm³/mol. The quantitative estimate of drug-likeness (QED) is 0.823. The van der Waals surface area contributed by atoms with Gasteiger partial charge in [-0.25, -0.2) is 0 Å². The molecule has 1 rings (SSSR count). The number of alkyl halides is 3. The highest BCUT2D eigenvalue weighted by Crippen LogP contribution is 2.29. The van der Waals surface area contributed by atoms with Crippen molar-refractivity contribution in [2.45, 2.75) is 6.18 Å². The maximum Gasteiger partial charge on any atom is 0.416 e. The molecule has 0 bridgehead atoms. The molecule has 16 heavy (non-hydrogen) atoms. The van der Waals surface area contributed by atoms with Crippen LogP contribution in [-0.4, -0.2) is 13.0 Å². The van der Waals surface area contributed by atoms with Crippen molar-refractivity contribution in [1.29, 1.82) is 0 Å². The summed E-state index contributed by atoms with van der Waals surface area (Å²) in [6.07, 6.45) is -3.43. The van der Waals surface area contributed by atoms with E-state index in [1.165, 1.54) is 0 Å². The number of halogens is 3. The molecule has 3 nitrogen and oxygen atoms in total. The minimum atomic E-state index is -4.43. The minimum absolute atomic E-state index is 0.241. The van der Waals surface area contributed by atoms with Gasteiger partial charge in [0, 0.05) is 0 Å². The van der Waals surface area contributed by atoms with Crippen molar-refractivity contribution in [3.05, 3.63) is 40.8 Å². The molecule has 0 saturated heterocycles. The summed E-state index contributed by atoms with van der Waals surface area (Å²) in [5.41, 5.74) is -0.581. The lowest BCUT2D eigenvalue weighted by atomic mass is 10.1. The molecule has 0 aliphatic carbocycles. The maximum absolute atomic E-state index is 12.1. The zero-order valence-corrected chi connectivity index (χ0v) is 8.59. The van der Waals surface area contributed by atoms with E-state index in [1.54, 1.807) is 0 Å². The van der Waals surface area contributed by atoms with E-state index < -0.39 is 21.9 Å². The van der Waals surface area contributed by atoms with Crippen molar-refractivity contribution < 1.29 is 26.1 Å². The molecule has 0 aromatic heterocycles. The summed E-state index contributed by atoms with van der Waals surface area (Å²) < 4.78 is 65.4. The van der Waals surface area contributed by atoms with Crippen LogP contribution in [-0.2, 0) is 16.3 Å². The third-order valence-corrected chi connectivity index (χ3v) is 2.15. The molecule has 0 spiro atoms. The van der Waals surface area contributed by atoms with Crippen LogP contribution in [0.25, 0.3) is 6.08 Å². The smallest absolute Gasteiger partial charge is 0.282 e. The van der Waals surface area contributed by atoms with Gasteiger partial charge in [-0.1, -0.05) is 12.1 Å². The summed E-state index contributed by atoms with van der Waals surface area (Å²) in [5, 5.41) is 0.496. The number of benzene rings is 1. The molecule has 1 aromatic carbocycles. The molecule has 7 heteroatoms. The molecular formula is C9H7F3O3S. The van der Waals surface area contributed by atoms with Crippen molar-refractivity contribution in [2.75, 3.05) is 0 Å². The van der Waals surface area contributed by atoms with Gasteiger partial charge in [0.05, 0.1) is 11.0 Å². The lowest BCUT2D eigenvalue weighted by Gasteiger charge is -2.05. The summed E-state index contributed by atoms with van der Waals surface area (Å²) in [4.78, 5) is 0. The lowest BCUT2D eigenvalue weighted by Crippen LogP contribution is -2.03. The molecule has 1 N–H and O–H groups in total. The topological polar surface area (TPSA) is 54.4 Å². The largest absolute Gasteiger partial charge is 0.416 e. The average molecular weight is 252 g/mol. The van der Waals surface area contributed by atoms with Crippen LogP contribution in [0.3, 0.4) is 0 Å². The van der Waals surface area contributed by atoms with Crippen molar-refractivity contribution in [2.24, 2.45) is 0 Å². The maximum atomic E-state index is 12.1. The second kappa shape index (κ2) is 4.26. The fraction of sp³-hybridized carbons (Fsp3) is 0.111. The van der Waals surface area contributed by atoms with Crippen LogP contribution in [0.15, 0.2) is 29.7 Å². The Balaban J connectivity index is 2.93. The van der Waals surface area contributed by atoms with Crippen molar-refractivity contribution in [3.8, 4) is 0 Å². The Morgan fingerprint density at radius 3 is 2.00 bits per heavy atom. The molecule has 0 amide bonds. The second-order valence-corrected chi connectivity index (χ2v) is 4.24. The molecule has 88 valence electrons. The molecule has 0 atom stereocenters. The normalized spacial score (nSPS) is 13.2. The Bertz CT molecular complexity index is 486. The minimum Gasteiger partial charge on any atom is -0.282 e. The fourth-order valence-electron chi connectivity index (χ4n) is 0.948. The van der Waals surface area contributed by atoms with E-state index >= 15 is 0 Å². The van der Waals surface area contributed by atoms with Gasteiger partial charge in [-0.15, -0.1) is 0 Å². The van der Waals surface area contributed by atoms with Gasteiger partial charge in [0.25, 0.3) is 10.1 Å². The molecule has 0 radical (unpaired) electrons. The first-order chi connectivity index (χ1) is 7.18. The fourth-order valence-corrected chi connectivity index (χ4v) is 1.28. The first kappa shape index (κ1) is 12.7. The first-order valence-electron chi connectivity index (χ1n) is 4.01. The Hall–Kier alpha value is -1.34. The second-order valence-electron chi connectivity index (χ2n) is 2.94. The van der Waals surface area contributed by atoms with Gasteiger partial charge in [0.2, 0.25) is 0 Å². The zero-order chi connectivity index (χ0) is 12.4. The van der Waals surface area contributed by atoms with Crippen molar-refractivity contribution >= 4 is 16.2 Å². The predicted octanol–water partition coefficient (Wildman–Crippen LogP) is 2.56. The molecule has 1 aromatic rings. The standard InChI is InChI=1S/C9H7F3O3S/c10-9(11,12)8-3-1-7(2-4-8)5-6-16(13,14)15/h1-6H,(H,13,14,15)/b6-5+. The number of rotatable bonds is 2. The highest BCUT2D eigenvalue weighted by molar-refractivity contribution is 7.88. The highest BCUT2D eigenvalue weighted by atomic mass is 32.2. The van der Waals surface area contributed by atoms with E-state index in [0.717, 1.165) is 30.3 Å². The summed E-state index contributed by atoms with van der Waals surface area (Å²) >= 11 is 0. The Morgan fingerprint density at radius 2 is 1.62 bits per heavy atom. The Kier molecular flexibility index (Phi) is 3.39. The van der Waals surface area contributed by atoms with E-state index in [1.807, 2.05) is 0 Å². The van der Waals surface area contributed by atoms with Crippen LogP contribution in [0, 0.1) is 0 Å². The van der Waals surface area contributed by atoms with Crippen LogP contribution in [0.2, 0.25) is 0 Å². The number of hydrogen-bond acceptors (Lipinski definition) is 2. The van der Waals surface area contributed by atoms with Crippen LogP contribution >= 0.6 is 0 Å². The number of hydrogen-bond donors (Lipinski definition) is 1. The molecule has 0 heterocycles. The Morgan fingerprint density at radius 1 is 1.12 bits per heavy atom. The summed E-state index contributed by atoms with van der Waals surface area (Å²) in [6, 6.07) is 3.85. The van der Waals surface area contributed by atoms with Gasteiger partial charge in [0.15, 0.2) is 0 Å². The monoisotopic (exact) mass is 252 g/mol. The summed E-state index contributed by atoms with van der Waals surface area (Å²) in [5.74, 6) is 0. The SMILES string of the molecule is O=S(=O)(O)/C=C/c1ccc(C(F)(F)F)cc1. The zero-order valence-electron chi connectivity index (χ0n) is 7.77. The van der Waals surface area contributed by atoms with E-state index in [-0.39, 0.29) is 5.56 Å². The van der Waals surface area contributed by atoms with E-state index in [2.05, 4.69) is 0 Å². The van der Waals surface area contributed by atoms with Crippen LogP contribution in [0.1, 0.15) is 11.1 Å². The van der Waals surface area contributed by atoms with Gasteiger partial charge < -0.3 is 0 Å². The van der Waals surface area contributed by atoms with E-state index in [4.69, 9.17) is 4.55 Å².